The average Bonchev–Trinajstić information content (AvgIpc) is 2.55. The number of ether oxygens (including phenoxy) is 2. The number of anilines is 1. The molecule has 24 heavy (non-hydrogen) atoms. The highest BCUT2D eigenvalue weighted by atomic mass is 16.6. The molecule has 2 aromatic carbocycles. The highest BCUT2D eigenvalue weighted by molar-refractivity contribution is 5.85. The van der Waals surface area contributed by atoms with Crippen molar-refractivity contribution < 1.29 is 19.2 Å². The third-order valence-corrected chi connectivity index (χ3v) is 3.25. The van der Waals surface area contributed by atoms with E-state index in [1.165, 1.54) is 24.3 Å². The monoisotopic (exact) mass is 330 g/mol. The van der Waals surface area contributed by atoms with E-state index in [0.29, 0.717) is 11.4 Å². The molecule has 0 saturated heterocycles. The molecule has 7 heteroatoms. The van der Waals surface area contributed by atoms with E-state index < -0.39 is 11.0 Å². The van der Waals surface area contributed by atoms with Gasteiger partial charge in [0.2, 0.25) is 0 Å². The van der Waals surface area contributed by atoms with Crippen LogP contribution in [0.15, 0.2) is 42.5 Å². The number of amides is 1. The first-order valence-corrected chi connectivity index (χ1v) is 7.34. The maximum atomic E-state index is 11.7. The van der Waals surface area contributed by atoms with Crippen molar-refractivity contribution >= 4 is 17.5 Å². The molecule has 7 nitrogen and oxygen atoms in total. The summed E-state index contributed by atoms with van der Waals surface area (Å²) in [4.78, 5) is 21.8. The highest BCUT2D eigenvalue weighted by Crippen LogP contribution is 2.17. The van der Waals surface area contributed by atoms with Crippen molar-refractivity contribution in [1.29, 1.82) is 0 Å². The molecule has 0 heterocycles. The second-order valence-corrected chi connectivity index (χ2v) is 5.18. The summed E-state index contributed by atoms with van der Waals surface area (Å²) in [5.41, 5.74) is 2.75. The molecule has 0 saturated carbocycles. The van der Waals surface area contributed by atoms with E-state index in [4.69, 9.17) is 9.47 Å². The lowest BCUT2D eigenvalue weighted by atomic mass is 10.1. The molecule has 0 unspecified atom stereocenters. The van der Waals surface area contributed by atoms with Crippen LogP contribution in [0.1, 0.15) is 11.1 Å². The summed E-state index contributed by atoms with van der Waals surface area (Å²) in [7, 11) is 0. The minimum absolute atomic E-state index is 0.00792. The molecule has 0 fully saturated rings. The molecule has 1 N–H and O–H groups in total. The minimum atomic E-state index is -0.561. The quantitative estimate of drug-likeness (QED) is 0.493. The number of hydrogen-bond acceptors (Lipinski definition) is 5. The zero-order chi connectivity index (χ0) is 17.5. The molecular formula is C17H18N2O5. The van der Waals surface area contributed by atoms with Crippen LogP contribution in [0.4, 0.5) is 16.2 Å². The Bertz CT molecular complexity index is 728. The Kier molecular flexibility index (Phi) is 5.73. The number of nitro benzene ring substituents is 1. The number of nitro groups is 1. The summed E-state index contributed by atoms with van der Waals surface area (Å²) in [6.45, 7) is 4.09. The van der Waals surface area contributed by atoms with E-state index >= 15 is 0 Å². The van der Waals surface area contributed by atoms with Gasteiger partial charge in [-0.15, -0.1) is 0 Å². The second-order valence-electron chi connectivity index (χ2n) is 5.18. The predicted molar refractivity (Wildman–Crippen MR) is 89.5 cm³/mol. The van der Waals surface area contributed by atoms with Crippen molar-refractivity contribution in [3.63, 3.8) is 0 Å². The van der Waals surface area contributed by atoms with Crippen molar-refractivity contribution in [3.05, 3.63) is 63.7 Å². The molecule has 0 radical (unpaired) electrons. The molecule has 0 bridgehead atoms. The van der Waals surface area contributed by atoms with Crippen molar-refractivity contribution in [3.8, 4) is 5.75 Å². The van der Waals surface area contributed by atoms with Gasteiger partial charge in [0.25, 0.3) is 5.69 Å². The zero-order valence-corrected chi connectivity index (χ0v) is 13.4. The number of carbonyl (C=O) groups excluding carboxylic acids is 1. The maximum Gasteiger partial charge on any atom is 0.411 e. The van der Waals surface area contributed by atoms with Gasteiger partial charge in [-0.2, -0.15) is 0 Å². The van der Waals surface area contributed by atoms with Gasteiger partial charge in [-0.05, 0) is 37.6 Å². The normalized spacial score (nSPS) is 10.1. The Morgan fingerprint density at radius 2 is 1.83 bits per heavy atom. The molecule has 2 rings (SSSR count). The number of non-ortho nitro benzene ring substituents is 1. The van der Waals surface area contributed by atoms with Gasteiger partial charge < -0.3 is 9.47 Å². The van der Waals surface area contributed by atoms with Gasteiger partial charge >= 0.3 is 6.09 Å². The summed E-state index contributed by atoms with van der Waals surface area (Å²) in [6.07, 6.45) is -0.561. The number of hydrogen-bond donors (Lipinski definition) is 1. The van der Waals surface area contributed by atoms with E-state index in [-0.39, 0.29) is 18.9 Å². The highest BCUT2D eigenvalue weighted by Gasteiger charge is 2.07. The van der Waals surface area contributed by atoms with Gasteiger partial charge in [-0.1, -0.05) is 17.7 Å². The van der Waals surface area contributed by atoms with Crippen LogP contribution in [-0.4, -0.2) is 24.2 Å². The SMILES string of the molecule is Cc1ccc(NC(=O)OCCOc2ccc([N+](=O)[O-])cc2)c(C)c1. The lowest BCUT2D eigenvalue weighted by Crippen LogP contribution is -2.18. The molecule has 126 valence electrons. The lowest BCUT2D eigenvalue weighted by molar-refractivity contribution is -0.384. The number of nitrogens with one attached hydrogen (secondary N) is 1. The molecule has 0 aliphatic carbocycles. The summed E-state index contributed by atoms with van der Waals surface area (Å²) in [5.74, 6) is 0.471. The Morgan fingerprint density at radius 1 is 1.12 bits per heavy atom. The van der Waals surface area contributed by atoms with Gasteiger partial charge in [-0.25, -0.2) is 4.79 Å². The molecule has 0 aliphatic heterocycles. The predicted octanol–water partition coefficient (Wildman–Crippen LogP) is 3.84. The number of aryl methyl sites for hydroxylation is 2. The fourth-order valence-corrected chi connectivity index (χ4v) is 2.06. The van der Waals surface area contributed by atoms with Crippen LogP contribution in [0.3, 0.4) is 0 Å². The van der Waals surface area contributed by atoms with Crippen molar-refractivity contribution in [2.75, 3.05) is 18.5 Å². The first-order valence-electron chi connectivity index (χ1n) is 7.34. The summed E-state index contributed by atoms with van der Waals surface area (Å²) in [5, 5.41) is 13.2. The summed E-state index contributed by atoms with van der Waals surface area (Å²) in [6, 6.07) is 11.4. The molecule has 0 spiro atoms. The topological polar surface area (TPSA) is 90.7 Å². The largest absolute Gasteiger partial charge is 0.490 e. The number of rotatable bonds is 6. The van der Waals surface area contributed by atoms with Gasteiger partial charge in [0, 0.05) is 17.8 Å². The van der Waals surface area contributed by atoms with Gasteiger partial charge in [0.1, 0.15) is 19.0 Å². The Balaban J connectivity index is 1.73. The van der Waals surface area contributed by atoms with Crippen LogP contribution in [0.25, 0.3) is 0 Å². The number of benzene rings is 2. The number of nitrogens with zero attached hydrogens (tertiary/aromatic N) is 1. The molecule has 0 aromatic heterocycles. The molecule has 1 amide bonds. The maximum absolute atomic E-state index is 11.7. The summed E-state index contributed by atoms with van der Waals surface area (Å²) < 4.78 is 10.4. The fraction of sp³-hybridized carbons (Fsp3) is 0.235. The number of carbonyl (C=O) groups is 1. The van der Waals surface area contributed by atoms with E-state index in [1.807, 2.05) is 32.0 Å². The fourth-order valence-electron chi connectivity index (χ4n) is 2.06. The molecule has 0 atom stereocenters. The third-order valence-electron chi connectivity index (χ3n) is 3.25. The van der Waals surface area contributed by atoms with Crippen LogP contribution in [-0.2, 0) is 4.74 Å². The third kappa shape index (κ3) is 4.98. The second kappa shape index (κ2) is 7.96. The van der Waals surface area contributed by atoms with Crippen molar-refractivity contribution in [1.82, 2.24) is 0 Å². The lowest BCUT2D eigenvalue weighted by Gasteiger charge is -2.10. The smallest absolute Gasteiger partial charge is 0.411 e. The molecule has 2 aromatic rings. The van der Waals surface area contributed by atoms with Crippen LogP contribution in [0.2, 0.25) is 0 Å². The first-order chi connectivity index (χ1) is 11.5. The van der Waals surface area contributed by atoms with Gasteiger partial charge in [-0.3, -0.25) is 15.4 Å². The van der Waals surface area contributed by atoms with Gasteiger partial charge in [0.05, 0.1) is 4.92 Å². The molecule has 0 aliphatic rings. The average molecular weight is 330 g/mol. The van der Waals surface area contributed by atoms with Crippen molar-refractivity contribution in [2.24, 2.45) is 0 Å². The summed E-state index contributed by atoms with van der Waals surface area (Å²) >= 11 is 0. The molecular weight excluding hydrogens is 312 g/mol. The first kappa shape index (κ1) is 17.3. The Hall–Kier alpha value is -3.09. The van der Waals surface area contributed by atoms with E-state index in [0.717, 1.165) is 11.1 Å². The van der Waals surface area contributed by atoms with E-state index in [2.05, 4.69) is 5.32 Å². The van der Waals surface area contributed by atoms with Crippen LogP contribution in [0.5, 0.6) is 5.75 Å². The van der Waals surface area contributed by atoms with Crippen LogP contribution >= 0.6 is 0 Å². The Morgan fingerprint density at radius 3 is 2.46 bits per heavy atom. The minimum Gasteiger partial charge on any atom is -0.490 e. The van der Waals surface area contributed by atoms with Gasteiger partial charge in [0.15, 0.2) is 0 Å². The standard InChI is InChI=1S/C17H18N2O5/c1-12-3-8-16(13(2)11-12)18-17(20)24-10-9-23-15-6-4-14(5-7-15)19(21)22/h3-8,11H,9-10H2,1-2H3,(H,18,20). The van der Waals surface area contributed by atoms with E-state index in [9.17, 15) is 14.9 Å². The van der Waals surface area contributed by atoms with E-state index in [1.54, 1.807) is 0 Å². The Labute approximate surface area is 139 Å². The van der Waals surface area contributed by atoms with Crippen molar-refractivity contribution in [2.45, 2.75) is 13.8 Å². The van der Waals surface area contributed by atoms with Crippen LogP contribution in [0, 0.1) is 24.0 Å². The van der Waals surface area contributed by atoms with Crippen LogP contribution < -0.4 is 10.1 Å². The zero-order valence-electron chi connectivity index (χ0n) is 13.4.